The number of piperazine rings is 1. The molecule has 1 aliphatic heterocycles. The molecule has 0 aliphatic carbocycles. The lowest BCUT2D eigenvalue weighted by atomic mass is 10.3. The summed E-state index contributed by atoms with van der Waals surface area (Å²) in [6.45, 7) is 4.00. The molecular weight excluding hydrogens is 321 g/mol. The highest BCUT2D eigenvalue weighted by Gasteiger charge is 2.16. The van der Waals surface area contributed by atoms with Crippen LogP contribution in [0.25, 0.3) is 0 Å². The zero-order valence-corrected chi connectivity index (χ0v) is 13.8. The molecule has 2 aromatic rings. The summed E-state index contributed by atoms with van der Waals surface area (Å²) in [5.74, 6) is 1.62. The maximum Gasteiger partial charge on any atom is 0.135 e. The predicted octanol–water partition coefficient (Wildman–Crippen LogP) is 3.28. The van der Waals surface area contributed by atoms with Crippen LogP contribution in [0.2, 0.25) is 10.0 Å². The van der Waals surface area contributed by atoms with Crippen molar-refractivity contribution in [3.8, 4) is 0 Å². The van der Waals surface area contributed by atoms with Gasteiger partial charge in [-0.25, -0.2) is 9.97 Å². The third kappa shape index (κ3) is 3.43. The molecular formula is C15H17Cl2N5. The molecule has 0 bridgehead atoms. The van der Waals surface area contributed by atoms with E-state index in [4.69, 9.17) is 23.2 Å². The van der Waals surface area contributed by atoms with Gasteiger partial charge in [-0.15, -0.1) is 0 Å². The van der Waals surface area contributed by atoms with Gasteiger partial charge in [-0.3, -0.25) is 0 Å². The number of benzene rings is 1. The van der Waals surface area contributed by atoms with Crippen LogP contribution in [0.4, 0.5) is 17.3 Å². The van der Waals surface area contributed by atoms with Crippen LogP contribution < -0.4 is 10.2 Å². The topological polar surface area (TPSA) is 44.3 Å². The highest BCUT2D eigenvalue weighted by atomic mass is 35.5. The van der Waals surface area contributed by atoms with E-state index in [-0.39, 0.29) is 0 Å². The van der Waals surface area contributed by atoms with Gasteiger partial charge in [0.15, 0.2) is 0 Å². The van der Waals surface area contributed by atoms with Gasteiger partial charge >= 0.3 is 0 Å². The van der Waals surface area contributed by atoms with Gasteiger partial charge in [0.05, 0.1) is 15.7 Å². The maximum atomic E-state index is 6.19. The Kier molecular flexibility index (Phi) is 4.66. The van der Waals surface area contributed by atoms with Crippen LogP contribution >= 0.6 is 23.2 Å². The molecule has 1 aliphatic rings. The third-order valence-corrected chi connectivity index (χ3v) is 4.51. The van der Waals surface area contributed by atoms with E-state index in [1.54, 1.807) is 12.4 Å². The number of rotatable bonds is 3. The molecule has 0 unspecified atom stereocenters. The number of anilines is 3. The van der Waals surface area contributed by atoms with E-state index in [0.29, 0.717) is 15.9 Å². The highest BCUT2D eigenvalue weighted by molar-refractivity contribution is 6.43. The Morgan fingerprint density at radius 2 is 1.86 bits per heavy atom. The standard InChI is InChI=1S/C15H17Cl2N5/c1-21-5-7-22(8-6-21)14-9-13(18-10-19-14)20-12-4-2-3-11(16)15(12)17/h2-4,9-10H,5-8H2,1H3,(H,18,19,20). The largest absolute Gasteiger partial charge is 0.354 e. The van der Waals surface area contributed by atoms with E-state index < -0.39 is 0 Å². The van der Waals surface area contributed by atoms with Crippen LogP contribution in [0.15, 0.2) is 30.6 Å². The van der Waals surface area contributed by atoms with Crippen LogP contribution in [-0.4, -0.2) is 48.1 Å². The molecule has 1 N–H and O–H groups in total. The van der Waals surface area contributed by atoms with E-state index in [2.05, 4.69) is 32.1 Å². The normalized spacial score (nSPS) is 15.9. The van der Waals surface area contributed by atoms with Crippen molar-refractivity contribution in [3.05, 3.63) is 40.6 Å². The average Bonchev–Trinajstić information content (AvgIpc) is 2.53. The van der Waals surface area contributed by atoms with Gasteiger partial charge in [0.25, 0.3) is 0 Å². The number of halogens is 2. The summed E-state index contributed by atoms with van der Waals surface area (Å²) >= 11 is 12.2. The van der Waals surface area contributed by atoms with Crippen LogP contribution in [0.5, 0.6) is 0 Å². The van der Waals surface area contributed by atoms with Crippen molar-refractivity contribution in [2.24, 2.45) is 0 Å². The second-order valence-electron chi connectivity index (χ2n) is 5.28. The number of likely N-dealkylation sites (N-methyl/N-ethyl adjacent to an activating group) is 1. The van der Waals surface area contributed by atoms with Crippen molar-refractivity contribution < 1.29 is 0 Å². The second kappa shape index (κ2) is 6.69. The van der Waals surface area contributed by atoms with E-state index in [9.17, 15) is 0 Å². The first-order valence-electron chi connectivity index (χ1n) is 7.10. The summed E-state index contributed by atoms with van der Waals surface area (Å²) in [5, 5.41) is 4.20. The van der Waals surface area contributed by atoms with Crippen molar-refractivity contribution in [1.82, 2.24) is 14.9 Å². The Hall–Kier alpha value is -1.56. The molecule has 0 amide bonds. The molecule has 5 nitrogen and oxygen atoms in total. The van der Waals surface area contributed by atoms with Crippen molar-refractivity contribution in [2.75, 3.05) is 43.4 Å². The molecule has 7 heteroatoms. The summed E-state index contributed by atoms with van der Waals surface area (Å²) in [6, 6.07) is 7.40. The summed E-state index contributed by atoms with van der Waals surface area (Å²) in [7, 11) is 2.13. The predicted molar refractivity (Wildman–Crippen MR) is 91.5 cm³/mol. The fraction of sp³-hybridized carbons (Fsp3) is 0.333. The van der Waals surface area contributed by atoms with E-state index in [1.807, 2.05) is 18.2 Å². The molecule has 1 fully saturated rings. The number of nitrogens with zero attached hydrogens (tertiary/aromatic N) is 4. The summed E-state index contributed by atoms with van der Waals surface area (Å²) < 4.78 is 0. The van der Waals surface area contributed by atoms with Crippen LogP contribution in [0.3, 0.4) is 0 Å². The molecule has 1 aromatic heterocycles. The lowest BCUT2D eigenvalue weighted by Crippen LogP contribution is -2.44. The van der Waals surface area contributed by atoms with Crippen LogP contribution in [0.1, 0.15) is 0 Å². The van der Waals surface area contributed by atoms with Gasteiger partial charge in [-0.1, -0.05) is 29.3 Å². The van der Waals surface area contributed by atoms with Crippen molar-refractivity contribution in [3.63, 3.8) is 0 Å². The minimum Gasteiger partial charge on any atom is -0.354 e. The van der Waals surface area contributed by atoms with Crippen molar-refractivity contribution in [1.29, 1.82) is 0 Å². The SMILES string of the molecule is CN1CCN(c2cc(Nc3cccc(Cl)c3Cl)ncn2)CC1. The molecule has 116 valence electrons. The molecule has 0 saturated carbocycles. The van der Waals surface area contributed by atoms with Gasteiger partial charge in [0.2, 0.25) is 0 Å². The number of aromatic nitrogens is 2. The molecule has 0 spiro atoms. The lowest BCUT2D eigenvalue weighted by molar-refractivity contribution is 0.312. The van der Waals surface area contributed by atoms with Gasteiger partial charge < -0.3 is 15.1 Å². The zero-order chi connectivity index (χ0) is 15.5. The Morgan fingerprint density at radius 3 is 2.64 bits per heavy atom. The van der Waals surface area contributed by atoms with Gasteiger partial charge in [-0.2, -0.15) is 0 Å². The molecule has 3 rings (SSSR count). The molecule has 0 radical (unpaired) electrons. The minimum absolute atomic E-state index is 0.490. The Labute approximate surface area is 139 Å². The van der Waals surface area contributed by atoms with Gasteiger partial charge in [-0.05, 0) is 19.2 Å². The number of hydrogen-bond acceptors (Lipinski definition) is 5. The first-order valence-corrected chi connectivity index (χ1v) is 7.85. The molecule has 2 heterocycles. The smallest absolute Gasteiger partial charge is 0.135 e. The third-order valence-electron chi connectivity index (χ3n) is 3.69. The molecule has 1 saturated heterocycles. The lowest BCUT2D eigenvalue weighted by Gasteiger charge is -2.33. The fourth-order valence-electron chi connectivity index (χ4n) is 2.36. The number of hydrogen-bond donors (Lipinski definition) is 1. The Balaban J connectivity index is 1.78. The summed E-state index contributed by atoms with van der Waals surface area (Å²) in [6.07, 6.45) is 1.56. The molecule has 1 aromatic carbocycles. The van der Waals surface area contributed by atoms with E-state index in [1.165, 1.54) is 0 Å². The quantitative estimate of drug-likeness (QED) is 0.931. The fourth-order valence-corrected chi connectivity index (χ4v) is 2.71. The molecule has 22 heavy (non-hydrogen) atoms. The van der Waals surface area contributed by atoms with E-state index >= 15 is 0 Å². The Bertz CT molecular complexity index is 656. The van der Waals surface area contributed by atoms with Crippen LogP contribution in [-0.2, 0) is 0 Å². The van der Waals surface area contributed by atoms with Crippen LogP contribution in [0, 0.1) is 0 Å². The Morgan fingerprint density at radius 1 is 1.09 bits per heavy atom. The highest BCUT2D eigenvalue weighted by Crippen LogP contribution is 2.31. The van der Waals surface area contributed by atoms with E-state index in [0.717, 1.165) is 37.7 Å². The van der Waals surface area contributed by atoms with Gasteiger partial charge in [0, 0.05) is 32.2 Å². The minimum atomic E-state index is 0.490. The first kappa shape index (κ1) is 15.3. The zero-order valence-electron chi connectivity index (χ0n) is 12.3. The number of nitrogens with one attached hydrogen (secondary N) is 1. The molecule has 0 atom stereocenters. The summed E-state index contributed by atoms with van der Waals surface area (Å²) in [5.41, 5.74) is 0.734. The monoisotopic (exact) mass is 337 g/mol. The first-order chi connectivity index (χ1) is 10.6. The average molecular weight is 338 g/mol. The second-order valence-corrected chi connectivity index (χ2v) is 6.06. The van der Waals surface area contributed by atoms with Gasteiger partial charge in [0.1, 0.15) is 18.0 Å². The van der Waals surface area contributed by atoms with Crippen molar-refractivity contribution >= 4 is 40.5 Å². The maximum absolute atomic E-state index is 6.19. The summed E-state index contributed by atoms with van der Waals surface area (Å²) in [4.78, 5) is 13.2. The van der Waals surface area contributed by atoms with Crippen molar-refractivity contribution in [2.45, 2.75) is 0 Å².